The SMILES string of the molecule is Fc1cc(F)cc(-c2ncnc3[nH]c(-c4ccc(CCN5CCC6(CCNC6)CC5)cc4)cc23)c1. The Balaban J connectivity index is 1.15. The van der Waals surface area contributed by atoms with Gasteiger partial charge in [0, 0.05) is 35.8 Å². The van der Waals surface area contributed by atoms with Crippen LogP contribution in [-0.4, -0.2) is 52.6 Å². The first-order chi connectivity index (χ1) is 17.1. The smallest absolute Gasteiger partial charge is 0.141 e. The van der Waals surface area contributed by atoms with Crippen LogP contribution in [0.4, 0.5) is 8.78 Å². The van der Waals surface area contributed by atoms with Crippen LogP contribution in [0.3, 0.4) is 0 Å². The monoisotopic (exact) mass is 473 g/mol. The van der Waals surface area contributed by atoms with Crippen molar-refractivity contribution < 1.29 is 8.78 Å². The Morgan fingerprint density at radius 3 is 2.37 bits per heavy atom. The number of hydrogen-bond donors (Lipinski definition) is 2. The third-order valence-corrected chi connectivity index (χ3v) is 7.79. The number of fused-ring (bicyclic) bond motifs is 1. The third-order valence-electron chi connectivity index (χ3n) is 7.79. The number of rotatable bonds is 5. The van der Waals surface area contributed by atoms with E-state index < -0.39 is 11.6 Å². The van der Waals surface area contributed by atoms with E-state index in [9.17, 15) is 8.78 Å². The highest BCUT2D eigenvalue weighted by Gasteiger charge is 2.36. The molecule has 35 heavy (non-hydrogen) atoms. The van der Waals surface area contributed by atoms with Gasteiger partial charge < -0.3 is 15.2 Å². The summed E-state index contributed by atoms with van der Waals surface area (Å²) >= 11 is 0. The van der Waals surface area contributed by atoms with Gasteiger partial charge in [0.05, 0.1) is 5.69 Å². The second-order valence-electron chi connectivity index (χ2n) is 10.0. The van der Waals surface area contributed by atoms with Crippen molar-refractivity contribution in [1.82, 2.24) is 25.2 Å². The summed E-state index contributed by atoms with van der Waals surface area (Å²) in [6, 6.07) is 14.0. The van der Waals surface area contributed by atoms with Crippen LogP contribution in [-0.2, 0) is 6.42 Å². The predicted molar refractivity (Wildman–Crippen MR) is 134 cm³/mol. The fourth-order valence-corrected chi connectivity index (χ4v) is 5.63. The van der Waals surface area contributed by atoms with Crippen molar-refractivity contribution in [3.05, 3.63) is 72.1 Å². The van der Waals surface area contributed by atoms with Gasteiger partial charge in [0.25, 0.3) is 0 Å². The molecule has 0 bridgehead atoms. The van der Waals surface area contributed by atoms with Crippen LogP contribution in [0.1, 0.15) is 24.8 Å². The van der Waals surface area contributed by atoms with Crippen LogP contribution in [0.5, 0.6) is 0 Å². The number of H-pyrrole nitrogens is 1. The van der Waals surface area contributed by atoms with E-state index in [0.29, 0.717) is 22.3 Å². The number of nitrogens with zero attached hydrogens (tertiary/aromatic N) is 3. The van der Waals surface area contributed by atoms with Crippen LogP contribution in [0.15, 0.2) is 54.9 Å². The van der Waals surface area contributed by atoms with Gasteiger partial charge in [0.1, 0.15) is 23.6 Å². The fourth-order valence-electron chi connectivity index (χ4n) is 5.63. The highest BCUT2D eigenvalue weighted by molar-refractivity contribution is 5.94. The second kappa shape index (κ2) is 9.13. The Labute approximate surface area is 203 Å². The molecule has 180 valence electrons. The van der Waals surface area contributed by atoms with Gasteiger partial charge in [-0.25, -0.2) is 18.7 Å². The Morgan fingerprint density at radius 2 is 1.66 bits per heavy atom. The molecule has 4 aromatic rings. The summed E-state index contributed by atoms with van der Waals surface area (Å²) in [5, 5.41) is 4.27. The van der Waals surface area contributed by atoms with Crippen LogP contribution < -0.4 is 5.32 Å². The summed E-state index contributed by atoms with van der Waals surface area (Å²) in [6.45, 7) is 5.88. The van der Waals surface area contributed by atoms with Crippen LogP contribution in [0.25, 0.3) is 33.5 Å². The Bertz CT molecular complexity index is 1310. The summed E-state index contributed by atoms with van der Waals surface area (Å²) in [6.07, 6.45) is 6.41. The van der Waals surface area contributed by atoms with E-state index in [-0.39, 0.29) is 0 Å². The average Bonchev–Trinajstić information content (AvgIpc) is 3.51. The number of benzene rings is 2. The van der Waals surface area contributed by atoms with Crippen molar-refractivity contribution in [1.29, 1.82) is 0 Å². The van der Waals surface area contributed by atoms with Gasteiger partial charge in [-0.2, -0.15) is 0 Å². The minimum atomic E-state index is -0.627. The van der Waals surface area contributed by atoms with Crippen molar-refractivity contribution >= 4 is 11.0 Å². The predicted octanol–water partition coefficient (Wildman–Crippen LogP) is 5.19. The van der Waals surface area contributed by atoms with E-state index in [1.54, 1.807) is 0 Å². The number of likely N-dealkylation sites (tertiary alicyclic amines) is 1. The van der Waals surface area contributed by atoms with Crippen molar-refractivity contribution in [2.45, 2.75) is 25.7 Å². The number of aromatic amines is 1. The van der Waals surface area contributed by atoms with Crippen molar-refractivity contribution in [2.24, 2.45) is 5.41 Å². The first-order valence-corrected chi connectivity index (χ1v) is 12.4. The maximum absolute atomic E-state index is 13.8. The molecule has 2 N–H and O–H groups in total. The minimum Gasteiger partial charge on any atom is -0.339 e. The summed E-state index contributed by atoms with van der Waals surface area (Å²) < 4.78 is 27.6. The molecular formula is C28H29F2N5. The van der Waals surface area contributed by atoms with E-state index in [1.165, 1.54) is 69.5 Å². The summed E-state index contributed by atoms with van der Waals surface area (Å²) in [4.78, 5) is 14.5. The molecule has 0 amide bonds. The largest absolute Gasteiger partial charge is 0.339 e. The summed E-state index contributed by atoms with van der Waals surface area (Å²) in [5.41, 5.74) is 5.36. The average molecular weight is 474 g/mol. The van der Waals surface area contributed by atoms with Crippen LogP contribution in [0.2, 0.25) is 0 Å². The van der Waals surface area contributed by atoms with E-state index in [4.69, 9.17) is 0 Å². The molecule has 2 aliphatic heterocycles. The standard InChI is InChI=1S/C28H29F2N5/c29-22-13-21(14-23(30)15-22)26-24-16-25(34-27(24)33-18-32-26)20-3-1-19(2-4-20)5-10-35-11-7-28(8-12-35)6-9-31-17-28/h1-4,13-16,18,31H,5-12,17H2,(H,32,33,34). The number of hydrogen-bond acceptors (Lipinski definition) is 4. The number of aromatic nitrogens is 3. The molecule has 0 saturated carbocycles. The van der Waals surface area contributed by atoms with E-state index in [1.807, 2.05) is 6.07 Å². The highest BCUT2D eigenvalue weighted by Crippen LogP contribution is 2.37. The molecule has 2 aromatic carbocycles. The minimum absolute atomic E-state index is 0.392. The summed E-state index contributed by atoms with van der Waals surface area (Å²) in [5.74, 6) is -1.25. The molecule has 0 aliphatic carbocycles. The molecule has 6 rings (SSSR count). The van der Waals surface area contributed by atoms with Gasteiger partial charge >= 0.3 is 0 Å². The van der Waals surface area contributed by atoms with Crippen molar-refractivity contribution in [2.75, 3.05) is 32.7 Å². The third kappa shape index (κ3) is 4.58. The zero-order chi connectivity index (χ0) is 23.8. The molecular weight excluding hydrogens is 444 g/mol. The molecule has 0 unspecified atom stereocenters. The Hall–Kier alpha value is -3.16. The topological polar surface area (TPSA) is 56.8 Å². The summed E-state index contributed by atoms with van der Waals surface area (Å²) in [7, 11) is 0. The van der Waals surface area contributed by atoms with Crippen LogP contribution in [0, 0.1) is 17.0 Å². The van der Waals surface area contributed by atoms with Gasteiger partial charge in [0.2, 0.25) is 0 Å². The lowest BCUT2D eigenvalue weighted by Gasteiger charge is -2.38. The molecule has 5 nitrogen and oxygen atoms in total. The normalized spacial score (nSPS) is 18.0. The van der Waals surface area contributed by atoms with Crippen LogP contribution >= 0.6 is 0 Å². The fraction of sp³-hybridized carbons (Fsp3) is 0.357. The number of halogens is 2. The van der Waals surface area contributed by atoms with E-state index in [0.717, 1.165) is 35.7 Å². The zero-order valence-electron chi connectivity index (χ0n) is 19.7. The molecule has 2 saturated heterocycles. The Morgan fingerprint density at radius 1 is 0.886 bits per heavy atom. The van der Waals surface area contributed by atoms with Gasteiger partial charge in [-0.05, 0) is 80.1 Å². The van der Waals surface area contributed by atoms with E-state index in [2.05, 4.69) is 49.4 Å². The maximum Gasteiger partial charge on any atom is 0.141 e. The lowest BCUT2D eigenvalue weighted by Crippen LogP contribution is -2.41. The Kier molecular flexibility index (Phi) is 5.82. The van der Waals surface area contributed by atoms with E-state index >= 15 is 0 Å². The van der Waals surface area contributed by atoms with Gasteiger partial charge in [-0.15, -0.1) is 0 Å². The second-order valence-corrected chi connectivity index (χ2v) is 10.0. The van der Waals surface area contributed by atoms with Gasteiger partial charge in [0.15, 0.2) is 0 Å². The molecule has 2 aliphatic rings. The molecule has 2 aromatic heterocycles. The highest BCUT2D eigenvalue weighted by atomic mass is 19.1. The number of nitrogens with one attached hydrogen (secondary N) is 2. The molecule has 1 spiro atoms. The van der Waals surface area contributed by atoms with Gasteiger partial charge in [-0.1, -0.05) is 24.3 Å². The molecule has 7 heteroatoms. The van der Waals surface area contributed by atoms with Crippen molar-refractivity contribution in [3.63, 3.8) is 0 Å². The first-order valence-electron chi connectivity index (χ1n) is 12.4. The quantitative estimate of drug-likeness (QED) is 0.419. The lowest BCUT2D eigenvalue weighted by atomic mass is 9.78. The first kappa shape index (κ1) is 22.3. The molecule has 4 heterocycles. The molecule has 0 radical (unpaired) electrons. The molecule has 0 atom stereocenters. The van der Waals surface area contributed by atoms with Crippen molar-refractivity contribution in [3.8, 4) is 22.5 Å². The molecule has 2 fully saturated rings. The maximum atomic E-state index is 13.8. The number of piperidine rings is 1. The zero-order valence-corrected chi connectivity index (χ0v) is 19.7. The lowest BCUT2D eigenvalue weighted by molar-refractivity contribution is 0.120. The van der Waals surface area contributed by atoms with Gasteiger partial charge in [-0.3, -0.25) is 0 Å².